The molecule has 2 aromatic carbocycles. The van der Waals surface area contributed by atoms with Crippen LogP contribution in [0.1, 0.15) is 10.6 Å². The molecule has 3 aromatic rings. The number of fused-ring (bicyclic) bond motifs is 2. The lowest BCUT2D eigenvalue weighted by Gasteiger charge is -2.34. The molecule has 1 aromatic heterocycles. The van der Waals surface area contributed by atoms with E-state index in [0.717, 1.165) is 5.39 Å². The second-order valence-corrected chi connectivity index (χ2v) is 6.37. The van der Waals surface area contributed by atoms with Crippen molar-refractivity contribution < 1.29 is 18.7 Å². The molecule has 6 heteroatoms. The van der Waals surface area contributed by atoms with Gasteiger partial charge >= 0.3 is 0 Å². The molecule has 1 aliphatic heterocycles. The summed E-state index contributed by atoms with van der Waals surface area (Å²) < 4.78 is 11.5. The van der Waals surface area contributed by atoms with Crippen LogP contribution in [0, 0.1) is 0 Å². The minimum Gasteiger partial charge on any atom is -0.476 e. The number of furan rings is 1. The summed E-state index contributed by atoms with van der Waals surface area (Å²) in [7, 11) is 3.33. The highest BCUT2D eigenvalue weighted by Gasteiger charge is 2.35. The van der Waals surface area contributed by atoms with Crippen molar-refractivity contribution >= 4 is 28.5 Å². The van der Waals surface area contributed by atoms with E-state index in [1.807, 2.05) is 36.4 Å². The van der Waals surface area contributed by atoms with Gasteiger partial charge in [0.15, 0.2) is 11.9 Å². The highest BCUT2D eigenvalue weighted by atomic mass is 16.5. The van der Waals surface area contributed by atoms with E-state index in [1.54, 1.807) is 37.2 Å². The number of hydrogen-bond donors (Lipinski definition) is 0. The minimum atomic E-state index is -0.756. The normalized spacial score (nSPS) is 16.1. The fourth-order valence-electron chi connectivity index (χ4n) is 3.06. The van der Waals surface area contributed by atoms with E-state index in [4.69, 9.17) is 9.15 Å². The van der Waals surface area contributed by atoms with Crippen molar-refractivity contribution in [3.05, 3.63) is 60.4 Å². The van der Waals surface area contributed by atoms with Crippen molar-refractivity contribution in [2.45, 2.75) is 6.10 Å². The van der Waals surface area contributed by atoms with E-state index < -0.39 is 6.10 Å². The Bertz CT molecular complexity index is 959. The lowest BCUT2D eigenvalue weighted by atomic mass is 10.1. The molecule has 26 heavy (non-hydrogen) atoms. The van der Waals surface area contributed by atoms with Gasteiger partial charge < -0.3 is 14.1 Å². The molecule has 1 aliphatic rings. The molecule has 4 rings (SSSR count). The number of ether oxygens (including phenoxy) is 1. The fourth-order valence-corrected chi connectivity index (χ4v) is 3.06. The van der Waals surface area contributed by atoms with Gasteiger partial charge in [-0.1, -0.05) is 30.3 Å². The van der Waals surface area contributed by atoms with Crippen LogP contribution < -0.4 is 9.64 Å². The second kappa shape index (κ2) is 6.22. The smallest absolute Gasteiger partial charge is 0.294 e. The van der Waals surface area contributed by atoms with Gasteiger partial charge in [0.1, 0.15) is 11.3 Å². The van der Waals surface area contributed by atoms with Crippen LogP contribution in [-0.4, -0.2) is 43.5 Å². The maximum Gasteiger partial charge on any atom is 0.294 e. The largest absolute Gasteiger partial charge is 0.476 e. The van der Waals surface area contributed by atoms with Gasteiger partial charge in [-0.3, -0.25) is 14.5 Å². The van der Waals surface area contributed by atoms with Crippen LogP contribution in [0.5, 0.6) is 5.75 Å². The van der Waals surface area contributed by atoms with Gasteiger partial charge in [-0.25, -0.2) is 0 Å². The van der Waals surface area contributed by atoms with Crippen molar-refractivity contribution in [2.24, 2.45) is 0 Å². The third kappa shape index (κ3) is 2.69. The van der Waals surface area contributed by atoms with E-state index in [2.05, 4.69) is 0 Å². The standard InChI is InChI=1S/C20H18N2O4/c1-21(2)19(23)18-12-22(14-8-4-6-10-16(14)26-18)20(24)17-11-13-7-3-5-9-15(13)25-17/h3-11,18H,12H2,1-2H3. The van der Waals surface area contributed by atoms with Gasteiger partial charge in [0.25, 0.3) is 11.8 Å². The molecule has 0 N–H and O–H groups in total. The molecule has 0 saturated heterocycles. The molecule has 2 amide bonds. The van der Waals surface area contributed by atoms with Gasteiger partial charge in [0.2, 0.25) is 0 Å². The van der Waals surface area contributed by atoms with Crippen LogP contribution in [0.3, 0.4) is 0 Å². The van der Waals surface area contributed by atoms with Crippen molar-refractivity contribution in [3.8, 4) is 5.75 Å². The maximum absolute atomic E-state index is 13.1. The Morgan fingerprint density at radius 3 is 2.58 bits per heavy atom. The summed E-state index contributed by atoms with van der Waals surface area (Å²) in [6.45, 7) is 0.129. The molecule has 1 atom stereocenters. The van der Waals surface area contributed by atoms with E-state index >= 15 is 0 Å². The van der Waals surface area contributed by atoms with Crippen molar-refractivity contribution in [1.29, 1.82) is 0 Å². The molecule has 1 unspecified atom stereocenters. The van der Waals surface area contributed by atoms with Gasteiger partial charge in [0.05, 0.1) is 12.2 Å². The average Bonchev–Trinajstić information content (AvgIpc) is 3.10. The Morgan fingerprint density at radius 2 is 1.81 bits per heavy atom. The predicted octanol–water partition coefficient (Wildman–Crippen LogP) is 2.93. The SMILES string of the molecule is CN(C)C(=O)C1CN(C(=O)c2cc3ccccc3o2)c2ccccc2O1. The number of likely N-dealkylation sites (N-methyl/N-ethyl adjacent to an activating group) is 1. The molecule has 0 aliphatic carbocycles. The first-order valence-electron chi connectivity index (χ1n) is 8.32. The number of carbonyl (C=O) groups excluding carboxylic acids is 2. The number of amides is 2. The Balaban J connectivity index is 1.73. The topological polar surface area (TPSA) is 63.0 Å². The molecular formula is C20H18N2O4. The zero-order valence-corrected chi connectivity index (χ0v) is 14.5. The molecule has 0 bridgehead atoms. The number of carbonyl (C=O) groups is 2. The van der Waals surface area contributed by atoms with E-state index in [-0.39, 0.29) is 24.1 Å². The molecule has 0 saturated carbocycles. The first-order valence-corrected chi connectivity index (χ1v) is 8.32. The summed E-state index contributed by atoms with van der Waals surface area (Å²) >= 11 is 0. The molecular weight excluding hydrogens is 332 g/mol. The summed E-state index contributed by atoms with van der Waals surface area (Å²) in [6, 6.07) is 16.4. The van der Waals surface area contributed by atoms with Crippen molar-refractivity contribution in [3.63, 3.8) is 0 Å². The molecule has 0 fully saturated rings. The van der Waals surface area contributed by atoms with Crippen molar-refractivity contribution in [1.82, 2.24) is 4.90 Å². The summed E-state index contributed by atoms with van der Waals surface area (Å²) in [5.41, 5.74) is 1.28. The lowest BCUT2D eigenvalue weighted by molar-refractivity contribution is -0.135. The minimum absolute atomic E-state index is 0.129. The average molecular weight is 350 g/mol. The zero-order valence-electron chi connectivity index (χ0n) is 14.5. The number of hydrogen-bond acceptors (Lipinski definition) is 4. The first kappa shape index (κ1) is 16.2. The monoisotopic (exact) mass is 350 g/mol. The highest BCUT2D eigenvalue weighted by Crippen LogP contribution is 2.35. The quantitative estimate of drug-likeness (QED) is 0.713. The van der Waals surface area contributed by atoms with E-state index in [9.17, 15) is 9.59 Å². The predicted molar refractivity (Wildman–Crippen MR) is 97.4 cm³/mol. The Morgan fingerprint density at radius 1 is 1.08 bits per heavy atom. The van der Waals surface area contributed by atoms with Gasteiger partial charge in [-0.05, 0) is 24.3 Å². The Labute approximate surface area is 150 Å². The Kier molecular flexibility index (Phi) is 3.88. The van der Waals surface area contributed by atoms with E-state index in [1.165, 1.54) is 4.90 Å². The van der Waals surface area contributed by atoms with Crippen LogP contribution in [-0.2, 0) is 4.79 Å². The van der Waals surface area contributed by atoms with E-state index in [0.29, 0.717) is 17.0 Å². The van der Waals surface area contributed by atoms with Crippen molar-refractivity contribution in [2.75, 3.05) is 25.5 Å². The lowest BCUT2D eigenvalue weighted by Crippen LogP contribution is -2.50. The molecule has 2 heterocycles. The number of rotatable bonds is 2. The van der Waals surface area contributed by atoms with Gasteiger partial charge in [-0.2, -0.15) is 0 Å². The highest BCUT2D eigenvalue weighted by molar-refractivity contribution is 6.08. The first-order chi connectivity index (χ1) is 12.5. The fraction of sp³-hybridized carbons (Fsp3) is 0.200. The molecule has 6 nitrogen and oxygen atoms in total. The number of anilines is 1. The summed E-state index contributed by atoms with van der Waals surface area (Å²) in [4.78, 5) is 28.5. The summed E-state index contributed by atoms with van der Waals surface area (Å²) in [5.74, 6) is 0.248. The molecule has 0 spiro atoms. The molecule has 0 radical (unpaired) electrons. The summed E-state index contributed by atoms with van der Waals surface area (Å²) in [5, 5.41) is 0.860. The number of benzene rings is 2. The third-order valence-corrected chi connectivity index (χ3v) is 4.37. The maximum atomic E-state index is 13.1. The molecule has 132 valence electrons. The summed E-state index contributed by atoms with van der Waals surface area (Å²) in [6.07, 6.45) is -0.756. The van der Waals surface area contributed by atoms with Gasteiger partial charge in [-0.15, -0.1) is 0 Å². The zero-order chi connectivity index (χ0) is 18.3. The van der Waals surface area contributed by atoms with Crippen LogP contribution in [0.4, 0.5) is 5.69 Å². The Hall–Kier alpha value is -3.28. The van der Waals surface area contributed by atoms with Crippen LogP contribution >= 0.6 is 0 Å². The number of nitrogens with zero attached hydrogens (tertiary/aromatic N) is 2. The third-order valence-electron chi connectivity index (χ3n) is 4.37. The van der Waals surface area contributed by atoms with Gasteiger partial charge in [0, 0.05) is 19.5 Å². The second-order valence-electron chi connectivity index (χ2n) is 6.37. The van der Waals surface area contributed by atoms with Crippen LogP contribution in [0.2, 0.25) is 0 Å². The van der Waals surface area contributed by atoms with Crippen LogP contribution in [0.15, 0.2) is 59.0 Å². The number of para-hydroxylation sites is 3. The van der Waals surface area contributed by atoms with Crippen LogP contribution in [0.25, 0.3) is 11.0 Å².